The van der Waals surface area contributed by atoms with Crippen LogP contribution in [0.25, 0.3) is 0 Å². The lowest BCUT2D eigenvalue weighted by Crippen LogP contribution is -2.24. The molecular weight excluding hydrogens is 320 g/mol. The van der Waals surface area contributed by atoms with Gasteiger partial charge in [-0.2, -0.15) is 0 Å². The van der Waals surface area contributed by atoms with Gasteiger partial charge in [-0.1, -0.05) is 48.7 Å². The van der Waals surface area contributed by atoms with Gasteiger partial charge in [0.2, 0.25) is 0 Å². The summed E-state index contributed by atoms with van der Waals surface area (Å²) in [7, 11) is 0. The average molecular weight is 343 g/mol. The van der Waals surface area contributed by atoms with Gasteiger partial charge in [0.15, 0.2) is 0 Å². The number of carbonyl (C=O) groups is 1. The highest BCUT2D eigenvalue weighted by Crippen LogP contribution is 2.21. The summed E-state index contributed by atoms with van der Waals surface area (Å²) in [6.45, 7) is 3.32. The van der Waals surface area contributed by atoms with E-state index in [2.05, 4.69) is 10.2 Å². The average Bonchev–Trinajstić information content (AvgIpc) is 2.86. The Morgan fingerprint density at radius 2 is 1.62 bits per heavy atom. The number of amides is 1. The van der Waals surface area contributed by atoms with Crippen LogP contribution in [0, 0.1) is 0 Å². The quantitative estimate of drug-likeness (QED) is 0.850. The molecule has 24 heavy (non-hydrogen) atoms. The van der Waals surface area contributed by atoms with Gasteiger partial charge in [0.1, 0.15) is 0 Å². The van der Waals surface area contributed by atoms with Crippen molar-refractivity contribution in [2.75, 3.05) is 18.4 Å². The Kier molecular flexibility index (Phi) is 5.89. The number of anilines is 1. The van der Waals surface area contributed by atoms with Crippen molar-refractivity contribution in [2.45, 2.75) is 32.2 Å². The molecular formula is C20H23ClN2O. The van der Waals surface area contributed by atoms with Crippen LogP contribution in [0.4, 0.5) is 5.69 Å². The van der Waals surface area contributed by atoms with Gasteiger partial charge in [0.05, 0.1) is 10.7 Å². The molecule has 0 radical (unpaired) electrons. The largest absolute Gasteiger partial charge is 0.321 e. The van der Waals surface area contributed by atoms with E-state index >= 15 is 0 Å². The molecule has 1 fully saturated rings. The number of hydrogen-bond acceptors (Lipinski definition) is 2. The lowest BCUT2D eigenvalue weighted by atomic mass is 10.1. The van der Waals surface area contributed by atoms with Crippen molar-refractivity contribution in [1.29, 1.82) is 0 Å². The standard InChI is InChI=1S/C20H23ClN2O/c21-18-7-3-4-8-19(18)22-20(24)17-11-9-16(10-12-17)15-23-13-5-1-2-6-14-23/h3-4,7-12H,1-2,5-6,13-15H2,(H,22,24). The number of benzene rings is 2. The molecule has 2 aromatic carbocycles. The van der Waals surface area contributed by atoms with E-state index in [0.29, 0.717) is 16.3 Å². The summed E-state index contributed by atoms with van der Waals surface area (Å²) in [4.78, 5) is 14.8. The Morgan fingerprint density at radius 1 is 0.958 bits per heavy atom. The van der Waals surface area contributed by atoms with Crippen molar-refractivity contribution in [3.8, 4) is 0 Å². The van der Waals surface area contributed by atoms with E-state index in [1.165, 1.54) is 44.3 Å². The molecule has 2 aromatic rings. The first kappa shape index (κ1) is 17.0. The molecule has 1 N–H and O–H groups in total. The zero-order chi connectivity index (χ0) is 16.8. The molecule has 126 valence electrons. The van der Waals surface area contributed by atoms with E-state index in [-0.39, 0.29) is 5.91 Å². The third-order valence-electron chi connectivity index (χ3n) is 4.44. The Hall–Kier alpha value is -1.84. The van der Waals surface area contributed by atoms with Gasteiger partial charge in [-0.25, -0.2) is 0 Å². The maximum absolute atomic E-state index is 12.3. The van der Waals surface area contributed by atoms with E-state index in [1.807, 2.05) is 36.4 Å². The van der Waals surface area contributed by atoms with Crippen LogP contribution in [0.5, 0.6) is 0 Å². The molecule has 3 rings (SSSR count). The van der Waals surface area contributed by atoms with Crippen molar-refractivity contribution in [1.82, 2.24) is 4.90 Å². The molecule has 0 unspecified atom stereocenters. The molecule has 1 heterocycles. The van der Waals surface area contributed by atoms with E-state index in [4.69, 9.17) is 11.6 Å². The first-order valence-corrected chi connectivity index (χ1v) is 8.97. The third kappa shape index (κ3) is 4.59. The number of halogens is 1. The fourth-order valence-electron chi connectivity index (χ4n) is 3.07. The predicted molar refractivity (Wildman–Crippen MR) is 99.6 cm³/mol. The van der Waals surface area contributed by atoms with Gasteiger partial charge in [-0.3, -0.25) is 9.69 Å². The summed E-state index contributed by atoms with van der Waals surface area (Å²) in [5.41, 5.74) is 2.54. The van der Waals surface area contributed by atoms with Crippen LogP contribution < -0.4 is 5.32 Å². The lowest BCUT2D eigenvalue weighted by Gasteiger charge is -2.19. The van der Waals surface area contributed by atoms with Gasteiger partial charge >= 0.3 is 0 Å². The zero-order valence-electron chi connectivity index (χ0n) is 13.8. The lowest BCUT2D eigenvalue weighted by molar-refractivity contribution is 0.102. The summed E-state index contributed by atoms with van der Waals surface area (Å²) < 4.78 is 0. The van der Waals surface area contributed by atoms with Crippen molar-refractivity contribution in [3.05, 3.63) is 64.7 Å². The molecule has 0 bridgehead atoms. The van der Waals surface area contributed by atoms with E-state index < -0.39 is 0 Å². The van der Waals surface area contributed by atoms with Crippen LogP contribution in [-0.2, 0) is 6.54 Å². The van der Waals surface area contributed by atoms with Crippen LogP contribution in [0.1, 0.15) is 41.6 Å². The van der Waals surface area contributed by atoms with Crippen LogP contribution in [0.2, 0.25) is 5.02 Å². The summed E-state index contributed by atoms with van der Waals surface area (Å²) in [6, 6.07) is 15.1. The van der Waals surface area contributed by atoms with Crippen molar-refractivity contribution >= 4 is 23.2 Å². The molecule has 0 aliphatic carbocycles. The summed E-state index contributed by atoms with van der Waals surface area (Å²) in [5, 5.41) is 3.40. The maximum atomic E-state index is 12.3. The first-order valence-electron chi connectivity index (χ1n) is 8.59. The second kappa shape index (κ2) is 8.32. The molecule has 1 aliphatic heterocycles. The van der Waals surface area contributed by atoms with Crippen LogP contribution in [-0.4, -0.2) is 23.9 Å². The molecule has 0 saturated carbocycles. The van der Waals surface area contributed by atoms with Crippen molar-refractivity contribution in [3.63, 3.8) is 0 Å². The molecule has 1 aliphatic rings. The topological polar surface area (TPSA) is 32.3 Å². The van der Waals surface area contributed by atoms with Gasteiger partial charge < -0.3 is 5.32 Å². The van der Waals surface area contributed by atoms with Crippen molar-refractivity contribution in [2.24, 2.45) is 0 Å². The highest BCUT2D eigenvalue weighted by Gasteiger charge is 2.11. The Morgan fingerprint density at radius 3 is 2.29 bits per heavy atom. The van der Waals surface area contributed by atoms with E-state index in [1.54, 1.807) is 12.1 Å². The van der Waals surface area contributed by atoms with E-state index in [0.717, 1.165) is 6.54 Å². The molecule has 0 spiro atoms. The normalized spacial score (nSPS) is 15.7. The van der Waals surface area contributed by atoms with Crippen LogP contribution in [0.3, 0.4) is 0 Å². The summed E-state index contributed by atoms with van der Waals surface area (Å²) in [6.07, 6.45) is 5.27. The number of hydrogen-bond donors (Lipinski definition) is 1. The maximum Gasteiger partial charge on any atom is 0.255 e. The van der Waals surface area contributed by atoms with Gasteiger partial charge in [0, 0.05) is 12.1 Å². The Labute approximate surface area is 148 Å². The monoisotopic (exact) mass is 342 g/mol. The number of para-hydroxylation sites is 1. The third-order valence-corrected chi connectivity index (χ3v) is 4.77. The van der Waals surface area contributed by atoms with Crippen molar-refractivity contribution < 1.29 is 4.79 Å². The summed E-state index contributed by atoms with van der Waals surface area (Å²) >= 11 is 6.08. The van der Waals surface area contributed by atoms with Crippen LogP contribution >= 0.6 is 11.6 Å². The molecule has 0 atom stereocenters. The first-order chi connectivity index (χ1) is 11.7. The number of rotatable bonds is 4. The van der Waals surface area contributed by atoms with Gasteiger partial charge in [-0.05, 0) is 55.8 Å². The predicted octanol–water partition coefficient (Wildman–Crippen LogP) is 4.97. The molecule has 4 heteroatoms. The Balaban J connectivity index is 1.61. The van der Waals surface area contributed by atoms with Gasteiger partial charge in [-0.15, -0.1) is 0 Å². The number of likely N-dealkylation sites (tertiary alicyclic amines) is 1. The minimum Gasteiger partial charge on any atom is -0.321 e. The van der Waals surface area contributed by atoms with Gasteiger partial charge in [0.25, 0.3) is 5.91 Å². The molecule has 1 saturated heterocycles. The Bertz CT molecular complexity index is 676. The fourth-order valence-corrected chi connectivity index (χ4v) is 3.25. The molecule has 0 aromatic heterocycles. The van der Waals surface area contributed by atoms with Crippen LogP contribution in [0.15, 0.2) is 48.5 Å². The second-order valence-corrected chi connectivity index (χ2v) is 6.73. The highest BCUT2D eigenvalue weighted by molar-refractivity contribution is 6.33. The van der Waals surface area contributed by atoms with E-state index in [9.17, 15) is 4.79 Å². The summed E-state index contributed by atoms with van der Waals surface area (Å²) in [5.74, 6) is -0.135. The minimum atomic E-state index is -0.135. The minimum absolute atomic E-state index is 0.135. The fraction of sp³-hybridized carbons (Fsp3) is 0.350. The highest BCUT2D eigenvalue weighted by atomic mass is 35.5. The molecule has 3 nitrogen and oxygen atoms in total. The molecule has 1 amide bonds. The number of nitrogens with one attached hydrogen (secondary N) is 1. The second-order valence-electron chi connectivity index (χ2n) is 6.32. The zero-order valence-corrected chi connectivity index (χ0v) is 14.6. The smallest absolute Gasteiger partial charge is 0.255 e. The number of carbonyl (C=O) groups excluding carboxylic acids is 1. The number of nitrogens with zero attached hydrogens (tertiary/aromatic N) is 1. The SMILES string of the molecule is O=C(Nc1ccccc1Cl)c1ccc(CN2CCCCCC2)cc1.